The minimum absolute atomic E-state index is 0.0215. The van der Waals surface area contributed by atoms with Crippen LogP contribution in [0.4, 0.5) is 5.69 Å². The van der Waals surface area contributed by atoms with E-state index in [1.165, 1.54) is 36.3 Å². The monoisotopic (exact) mass is 591 g/mol. The lowest BCUT2D eigenvalue weighted by molar-refractivity contribution is -0.139. The first-order valence-corrected chi connectivity index (χ1v) is 14.4. The van der Waals surface area contributed by atoms with Crippen molar-refractivity contribution in [3.8, 4) is 5.75 Å². The van der Waals surface area contributed by atoms with Crippen LogP contribution in [0.2, 0.25) is 10.0 Å². The number of ether oxygens (including phenoxy) is 1. The van der Waals surface area contributed by atoms with Gasteiger partial charge in [-0.2, -0.15) is 0 Å². The average molecular weight is 593 g/mol. The largest absolute Gasteiger partial charge is 0.495 e. The van der Waals surface area contributed by atoms with Crippen LogP contribution in [-0.2, 0) is 26.2 Å². The molecule has 0 saturated carbocycles. The number of benzene rings is 3. The summed E-state index contributed by atoms with van der Waals surface area (Å²) < 4.78 is 34.1. The molecule has 0 unspecified atom stereocenters. The predicted octanol–water partition coefficient (Wildman–Crippen LogP) is 5.14. The van der Waals surface area contributed by atoms with Crippen LogP contribution in [0, 0.1) is 0 Å². The number of nitrogens with one attached hydrogen (secondary N) is 1. The van der Waals surface area contributed by atoms with Crippen LogP contribution in [0.25, 0.3) is 0 Å². The second-order valence-corrected chi connectivity index (χ2v) is 11.9. The van der Waals surface area contributed by atoms with Crippen molar-refractivity contribution < 1.29 is 22.7 Å². The molecule has 11 heteroatoms. The fourth-order valence-electron chi connectivity index (χ4n) is 3.91. The van der Waals surface area contributed by atoms with E-state index in [0.29, 0.717) is 10.6 Å². The molecule has 0 saturated heterocycles. The molecule has 39 heavy (non-hydrogen) atoms. The van der Waals surface area contributed by atoms with Crippen molar-refractivity contribution in [3.05, 3.63) is 88.4 Å². The highest BCUT2D eigenvalue weighted by Crippen LogP contribution is 2.35. The molecule has 0 aliphatic carbocycles. The molecule has 0 aromatic heterocycles. The Morgan fingerprint density at radius 3 is 2.21 bits per heavy atom. The van der Waals surface area contributed by atoms with Gasteiger partial charge in [-0.15, -0.1) is 0 Å². The normalized spacial score (nSPS) is 12.1. The SMILES string of the molecule is COc1ccc(Cl)cc1N(CC(=O)N(Cc1cccc(Cl)c1)[C@@H](C)C(=O)NC(C)C)S(=O)(=O)c1ccccc1. The number of halogens is 2. The third-order valence-electron chi connectivity index (χ3n) is 5.86. The molecule has 2 amide bonds. The van der Waals surface area contributed by atoms with E-state index in [0.717, 1.165) is 4.31 Å². The Morgan fingerprint density at radius 1 is 0.923 bits per heavy atom. The van der Waals surface area contributed by atoms with E-state index in [1.807, 2.05) is 13.8 Å². The molecule has 0 heterocycles. The quantitative estimate of drug-likeness (QED) is 0.333. The van der Waals surface area contributed by atoms with Crippen molar-refractivity contribution >= 4 is 50.7 Å². The van der Waals surface area contributed by atoms with Crippen LogP contribution in [0.1, 0.15) is 26.3 Å². The Labute approximate surface area is 239 Å². The van der Waals surface area contributed by atoms with E-state index in [9.17, 15) is 18.0 Å². The van der Waals surface area contributed by atoms with Crippen LogP contribution >= 0.6 is 23.2 Å². The van der Waals surface area contributed by atoms with Gasteiger partial charge in [0, 0.05) is 22.6 Å². The molecule has 208 valence electrons. The molecule has 8 nitrogen and oxygen atoms in total. The zero-order valence-electron chi connectivity index (χ0n) is 22.1. The predicted molar refractivity (Wildman–Crippen MR) is 154 cm³/mol. The van der Waals surface area contributed by atoms with E-state index >= 15 is 0 Å². The Bertz CT molecular complexity index is 1420. The molecular weight excluding hydrogens is 561 g/mol. The Hall–Kier alpha value is -3.27. The van der Waals surface area contributed by atoms with Gasteiger partial charge in [-0.1, -0.05) is 53.5 Å². The molecule has 1 atom stereocenters. The molecule has 3 aromatic carbocycles. The summed E-state index contributed by atoms with van der Waals surface area (Å²) in [4.78, 5) is 28.2. The van der Waals surface area contributed by atoms with Crippen molar-refractivity contribution in [1.29, 1.82) is 0 Å². The molecule has 0 aliphatic heterocycles. The maximum Gasteiger partial charge on any atom is 0.264 e. The lowest BCUT2D eigenvalue weighted by Gasteiger charge is -2.32. The van der Waals surface area contributed by atoms with Gasteiger partial charge in [0.2, 0.25) is 11.8 Å². The van der Waals surface area contributed by atoms with Crippen molar-refractivity contribution in [3.63, 3.8) is 0 Å². The summed E-state index contributed by atoms with van der Waals surface area (Å²) in [6.07, 6.45) is 0. The highest BCUT2D eigenvalue weighted by molar-refractivity contribution is 7.92. The number of carbonyl (C=O) groups excluding carboxylic acids is 2. The van der Waals surface area contributed by atoms with E-state index in [4.69, 9.17) is 27.9 Å². The minimum Gasteiger partial charge on any atom is -0.495 e. The zero-order chi connectivity index (χ0) is 28.7. The number of methoxy groups -OCH3 is 1. The van der Waals surface area contributed by atoms with Crippen LogP contribution < -0.4 is 14.4 Å². The summed E-state index contributed by atoms with van der Waals surface area (Å²) in [6, 6.07) is 18.1. The zero-order valence-corrected chi connectivity index (χ0v) is 24.4. The van der Waals surface area contributed by atoms with Crippen LogP contribution in [-0.4, -0.2) is 50.9 Å². The summed E-state index contributed by atoms with van der Waals surface area (Å²) >= 11 is 12.4. The van der Waals surface area contributed by atoms with Crippen LogP contribution in [0.3, 0.4) is 0 Å². The van der Waals surface area contributed by atoms with Crippen LogP contribution in [0.15, 0.2) is 77.7 Å². The number of hydrogen-bond acceptors (Lipinski definition) is 5. The number of hydrogen-bond donors (Lipinski definition) is 1. The highest BCUT2D eigenvalue weighted by Gasteiger charge is 2.34. The topological polar surface area (TPSA) is 96.0 Å². The van der Waals surface area contributed by atoms with Gasteiger partial charge in [-0.25, -0.2) is 8.42 Å². The van der Waals surface area contributed by atoms with E-state index in [2.05, 4.69) is 5.32 Å². The van der Waals surface area contributed by atoms with Gasteiger partial charge in [0.1, 0.15) is 18.3 Å². The van der Waals surface area contributed by atoms with Gasteiger partial charge in [0.25, 0.3) is 10.0 Å². The molecule has 0 fully saturated rings. The van der Waals surface area contributed by atoms with E-state index in [1.54, 1.807) is 55.5 Å². The molecular formula is C28H31Cl2N3O5S. The second kappa shape index (κ2) is 13.2. The lowest BCUT2D eigenvalue weighted by Crippen LogP contribution is -2.52. The number of amides is 2. The number of nitrogens with zero attached hydrogens (tertiary/aromatic N) is 2. The Kier molecular flexibility index (Phi) is 10.2. The molecule has 1 N–H and O–H groups in total. The van der Waals surface area contributed by atoms with Crippen LogP contribution in [0.5, 0.6) is 5.75 Å². The first-order chi connectivity index (χ1) is 18.4. The smallest absolute Gasteiger partial charge is 0.264 e. The van der Waals surface area contributed by atoms with Crippen molar-refractivity contribution in [2.24, 2.45) is 0 Å². The highest BCUT2D eigenvalue weighted by atomic mass is 35.5. The van der Waals surface area contributed by atoms with Gasteiger partial charge < -0.3 is 15.0 Å². The van der Waals surface area contributed by atoms with Gasteiger partial charge in [0.15, 0.2) is 0 Å². The maximum absolute atomic E-state index is 13.9. The summed E-state index contributed by atoms with van der Waals surface area (Å²) in [5, 5.41) is 3.54. The number of carbonyl (C=O) groups is 2. The van der Waals surface area contributed by atoms with Crippen molar-refractivity contribution in [2.45, 2.75) is 44.3 Å². The van der Waals surface area contributed by atoms with Gasteiger partial charge >= 0.3 is 0 Å². The summed E-state index contributed by atoms with van der Waals surface area (Å²) in [5.74, 6) is -0.778. The standard InChI is InChI=1S/C28H31Cl2N3O5S/c1-19(2)31-28(35)20(3)32(17-21-9-8-10-22(29)15-21)27(34)18-33(25-16-23(30)13-14-26(25)38-4)39(36,37)24-11-6-5-7-12-24/h5-16,19-20H,17-18H2,1-4H3,(H,31,35)/t20-/m0/s1. The second-order valence-electron chi connectivity index (χ2n) is 9.13. The Balaban J connectivity index is 2.09. The van der Waals surface area contributed by atoms with Crippen molar-refractivity contribution in [2.75, 3.05) is 18.0 Å². The van der Waals surface area contributed by atoms with Gasteiger partial charge in [-0.05, 0) is 68.8 Å². The third kappa shape index (κ3) is 7.65. The van der Waals surface area contributed by atoms with E-state index < -0.39 is 28.5 Å². The summed E-state index contributed by atoms with van der Waals surface area (Å²) in [6.45, 7) is 4.63. The maximum atomic E-state index is 13.9. The molecule has 3 aromatic rings. The molecule has 3 rings (SSSR count). The fourth-order valence-corrected chi connectivity index (χ4v) is 5.73. The fraction of sp³-hybridized carbons (Fsp3) is 0.286. The molecule has 0 radical (unpaired) electrons. The average Bonchev–Trinajstić information content (AvgIpc) is 2.90. The third-order valence-corrected chi connectivity index (χ3v) is 8.10. The first-order valence-electron chi connectivity index (χ1n) is 12.2. The lowest BCUT2D eigenvalue weighted by atomic mass is 10.1. The van der Waals surface area contributed by atoms with Gasteiger partial charge in [0.05, 0.1) is 17.7 Å². The number of sulfonamides is 1. The van der Waals surface area contributed by atoms with Gasteiger partial charge in [-0.3, -0.25) is 13.9 Å². The van der Waals surface area contributed by atoms with E-state index in [-0.39, 0.29) is 39.8 Å². The molecule has 0 aliphatic rings. The summed E-state index contributed by atoms with van der Waals surface area (Å²) in [7, 11) is -2.86. The Morgan fingerprint density at radius 2 is 1.59 bits per heavy atom. The first kappa shape index (κ1) is 30.3. The molecule has 0 spiro atoms. The van der Waals surface area contributed by atoms with Crippen molar-refractivity contribution in [1.82, 2.24) is 10.2 Å². The minimum atomic E-state index is -4.25. The number of anilines is 1. The number of rotatable bonds is 11. The molecule has 0 bridgehead atoms. The summed E-state index contributed by atoms with van der Waals surface area (Å²) in [5.41, 5.74) is 0.766.